The highest BCUT2D eigenvalue weighted by atomic mass is 16.3. The van der Waals surface area contributed by atoms with Crippen molar-refractivity contribution >= 4 is 5.82 Å². The molecule has 0 aliphatic carbocycles. The molecule has 0 saturated carbocycles. The van der Waals surface area contributed by atoms with E-state index in [1.807, 2.05) is 6.07 Å². The Labute approximate surface area is 83.6 Å². The maximum Gasteiger partial charge on any atom is 0.132 e. The fraction of sp³-hybridized carbons (Fsp3) is 0.600. The molecule has 14 heavy (non-hydrogen) atoms. The van der Waals surface area contributed by atoms with Crippen molar-refractivity contribution in [2.24, 2.45) is 5.92 Å². The van der Waals surface area contributed by atoms with E-state index in [-0.39, 0.29) is 12.6 Å². The molecule has 1 N–H and O–H groups in total. The number of hydrogen-bond donors (Lipinski definition) is 1. The number of aliphatic hydroxyl groups is 1. The number of hydrogen-bond acceptors (Lipinski definition) is 4. The van der Waals surface area contributed by atoms with E-state index in [0.717, 1.165) is 18.8 Å². The van der Waals surface area contributed by atoms with Crippen LogP contribution in [0.5, 0.6) is 0 Å². The van der Waals surface area contributed by atoms with Crippen LogP contribution in [0, 0.1) is 5.92 Å². The predicted octanol–water partition coefficient (Wildman–Crippen LogP) is 0.684. The lowest BCUT2D eigenvalue weighted by atomic mass is 10.0. The minimum absolute atomic E-state index is 0.200. The number of aromatic nitrogens is 2. The van der Waals surface area contributed by atoms with Crippen molar-refractivity contribution in [1.82, 2.24) is 9.97 Å². The first-order valence-corrected chi connectivity index (χ1v) is 4.96. The van der Waals surface area contributed by atoms with E-state index in [0.29, 0.717) is 5.92 Å². The molecule has 2 atom stereocenters. The lowest BCUT2D eigenvalue weighted by molar-refractivity contribution is 0.244. The third-order valence-corrected chi connectivity index (χ3v) is 2.93. The molecular weight excluding hydrogens is 178 g/mol. The van der Waals surface area contributed by atoms with Gasteiger partial charge in [0.2, 0.25) is 0 Å². The highest BCUT2D eigenvalue weighted by Gasteiger charge is 2.31. The average Bonchev–Trinajstić information content (AvgIpc) is 2.61. The van der Waals surface area contributed by atoms with E-state index in [2.05, 4.69) is 21.8 Å². The quantitative estimate of drug-likeness (QED) is 0.750. The van der Waals surface area contributed by atoms with Gasteiger partial charge in [0, 0.05) is 12.7 Å². The molecule has 0 bridgehead atoms. The lowest BCUT2D eigenvalue weighted by Crippen LogP contribution is -2.35. The van der Waals surface area contributed by atoms with Crippen LogP contribution in [0.1, 0.15) is 13.3 Å². The van der Waals surface area contributed by atoms with Crippen LogP contribution >= 0.6 is 0 Å². The Hall–Kier alpha value is -1.16. The van der Waals surface area contributed by atoms with Gasteiger partial charge in [-0.3, -0.25) is 0 Å². The zero-order valence-electron chi connectivity index (χ0n) is 8.30. The summed E-state index contributed by atoms with van der Waals surface area (Å²) in [6.45, 7) is 3.34. The van der Waals surface area contributed by atoms with Crippen molar-refractivity contribution in [3.05, 3.63) is 18.6 Å². The fourth-order valence-corrected chi connectivity index (χ4v) is 2.02. The average molecular weight is 193 g/mol. The third-order valence-electron chi connectivity index (χ3n) is 2.93. The van der Waals surface area contributed by atoms with Gasteiger partial charge in [0.1, 0.15) is 12.1 Å². The summed E-state index contributed by atoms with van der Waals surface area (Å²) >= 11 is 0. The van der Waals surface area contributed by atoms with Gasteiger partial charge in [0.15, 0.2) is 0 Å². The summed E-state index contributed by atoms with van der Waals surface area (Å²) in [6, 6.07) is 2.10. The Morgan fingerprint density at radius 1 is 1.64 bits per heavy atom. The molecule has 1 fully saturated rings. The zero-order valence-corrected chi connectivity index (χ0v) is 8.30. The van der Waals surface area contributed by atoms with Gasteiger partial charge in [0.25, 0.3) is 0 Å². The van der Waals surface area contributed by atoms with Crippen LogP contribution in [-0.4, -0.2) is 34.3 Å². The Balaban J connectivity index is 2.19. The van der Waals surface area contributed by atoms with Gasteiger partial charge in [-0.2, -0.15) is 0 Å². The van der Waals surface area contributed by atoms with Gasteiger partial charge in [-0.05, 0) is 18.4 Å². The molecule has 2 heterocycles. The molecule has 4 nitrogen and oxygen atoms in total. The molecular formula is C10H15N3O. The molecule has 1 aliphatic heterocycles. The summed E-state index contributed by atoms with van der Waals surface area (Å²) in [6.07, 6.45) is 4.40. The molecule has 4 heteroatoms. The second kappa shape index (κ2) is 3.92. The topological polar surface area (TPSA) is 49.2 Å². The van der Waals surface area contributed by atoms with Crippen LogP contribution in [0.2, 0.25) is 0 Å². The van der Waals surface area contributed by atoms with E-state index in [9.17, 15) is 5.11 Å². The predicted molar refractivity (Wildman–Crippen MR) is 54.0 cm³/mol. The monoisotopic (exact) mass is 193 g/mol. The molecule has 1 aliphatic rings. The van der Waals surface area contributed by atoms with Gasteiger partial charge < -0.3 is 10.0 Å². The van der Waals surface area contributed by atoms with Crippen LogP contribution in [0.25, 0.3) is 0 Å². The molecule has 0 aromatic carbocycles. The van der Waals surface area contributed by atoms with Crippen molar-refractivity contribution in [2.45, 2.75) is 19.4 Å². The van der Waals surface area contributed by atoms with Crippen molar-refractivity contribution in [2.75, 3.05) is 18.1 Å². The molecule has 2 unspecified atom stereocenters. The first-order valence-electron chi connectivity index (χ1n) is 4.96. The van der Waals surface area contributed by atoms with Crippen molar-refractivity contribution in [3.63, 3.8) is 0 Å². The minimum Gasteiger partial charge on any atom is -0.394 e. The summed E-state index contributed by atoms with van der Waals surface area (Å²) in [4.78, 5) is 10.2. The zero-order chi connectivity index (χ0) is 9.97. The summed E-state index contributed by atoms with van der Waals surface area (Å²) < 4.78 is 0. The Kier molecular flexibility index (Phi) is 2.63. The molecule has 1 aromatic rings. The summed E-state index contributed by atoms with van der Waals surface area (Å²) in [5.41, 5.74) is 0. The minimum atomic E-state index is 0.200. The van der Waals surface area contributed by atoms with Gasteiger partial charge in [-0.1, -0.05) is 6.92 Å². The number of anilines is 1. The standard InChI is InChI=1S/C10H15N3O/c1-8-3-5-13(9(8)6-14)10-2-4-11-7-12-10/h2,4,7-9,14H,3,5-6H2,1H3. The molecule has 0 spiro atoms. The van der Waals surface area contributed by atoms with Crippen LogP contribution in [0.3, 0.4) is 0 Å². The second-order valence-electron chi connectivity index (χ2n) is 3.78. The smallest absolute Gasteiger partial charge is 0.132 e. The molecule has 0 amide bonds. The number of rotatable bonds is 2. The maximum absolute atomic E-state index is 9.28. The van der Waals surface area contributed by atoms with Gasteiger partial charge >= 0.3 is 0 Å². The molecule has 76 valence electrons. The van der Waals surface area contributed by atoms with E-state index >= 15 is 0 Å². The van der Waals surface area contributed by atoms with Crippen molar-refractivity contribution in [1.29, 1.82) is 0 Å². The van der Waals surface area contributed by atoms with E-state index < -0.39 is 0 Å². The van der Waals surface area contributed by atoms with E-state index in [4.69, 9.17) is 0 Å². The maximum atomic E-state index is 9.28. The van der Waals surface area contributed by atoms with E-state index in [1.165, 1.54) is 0 Å². The first kappa shape index (κ1) is 9.40. The van der Waals surface area contributed by atoms with Crippen LogP contribution in [0.4, 0.5) is 5.82 Å². The van der Waals surface area contributed by atoms with Crippen molar-refractivity contribution in [3.8, 4) is 0 Å². The largest absolute Gasteiger partial charge is 0.394 e. The normalized spacial score (nSPS) is 26.9. The summed E-state index contributed by atoms with van der Waals surface area (Å²) in [5, 5.41) is 9.28. The first-order chi connectivity index (χ1) is 6.83. The Morgan fingerprint density at radius 2 is 2.50 bits per heavy atom. The van der Waals surface area contributed by atoms with Crippen molar-refractivity contribution < 1.29 is 5.11 Å². The highest BCUT2D eigenvalue weighted by Crippen LogP contribution is 2.27. The molecule has 2 rings (SSSR count). The Morgan fingerprint density at radius 3 is 3.14 bits per heavy atom. The number of aliphatic hydroxyl groups excluding tert-OH is 1. The second-order valence-corrected chi connectivity index (χ2v) is 3.78. The number of nitrogens with zero attached hydrogens (tertiary/aromatic N) is 3. The lowest BCUT2D eigenvalue weighted by Gasteiger charge is -2.25. The van der Waals surface area contributed by atoms with Crippen LogP contribution in [-0.2, 0) is 0 Å². The molecule has 0 radical (unpaired) electrons. The summed E-state index contributed by atoms with van der Waals surface area (Å²) in [5.74, 6) is 1.46. The van der Waals surface area contributed by atoms with Gasteiger partial charge in [-0.25, -0.2) is 9.97 Å². The van der Waals surface area contributed by atoms with E-state index in [1.54, 1.807) is 12.5 Å². The highest BCUT2D eigenvalue weighted by molar-refractivity contribution is 5.39. The van der Waals surface area contributed by atoms with Crippen LogP contribution in [0.15, 0.2) is 18.6 Å². The third kappa shape index (κ3) is 1.57. The molecule has 1 saturated heterocycles. The summed E-state index contributed by atoms with van der Waals surface area (Å²) in [7, 11) is 0. The fourth-order valence-electron chi connectivity index (χ4n) is 2.02. The Bertz CT molecular complexity index is 291. The van der Waals surface area contributed by atoms with Gasteiger partial charge in [0.05, 0.1) is 12.6 Å². The SMILES string of the molecule is CC1CCN(c2ccncn2)C1CO. The van der Waals surface area contributed by atoms with Gasteiger partial charge in [-0.15, -0.1) is 0 Å². The van der Waals surface area contributed by atoms with Crippen LogP contribution < -0.4 is 4.90 Å². The molecule has 1 aromatic heterocycles.